The quantitative estimate of drug-likeness (QED) is 0.789. The summed E-state index contributed by atoms with van der Waals surface area (Å²) in [4.78, 5) is 6.02. The Bertz CT molecular complexity index is 858. The van der Waals surface area contributed by atoms with Crippen molar-refractivity contribution >= 4 is 6.08 Å². The number of hydroxylamine groups is 1. The van der Waals surface area contributed by atoms with Crippen LogP contribution in [0.5, 0.6) is 0 Å². The highest BCUT2D eigenvalue weighted by molar-refractivity contribution is 5.69. The lowest BCUT2D eigenvalue weighted by molar-refractivity contribution is -0.918. The molecule has 1 atom stereocenters. The summed E-state index contributed by atoms with van der Waals surface area (Å²) in [5, 5.41) is 16.8. The minimum atomic E-state index is -0.00961. The number of nitrogens with one attached hydrogen (secondary N) is 2. The molecule has 1 aliphatic heterocycles. The van der Waals surface area contributed by atoms with E-state index in [1.165, 1.54) is 0 Å². The third-order valence-electron chi connectivity index (χ3n) is 5.09. The van der Waals surface area contributed by atoms with Crippen LogP contribution in [0.4, 0.5) is 0 Å². The molecular weight excluding hydrogens is 340 g/mol. The van der Waals surface area contributed by atoms with E-state index in [1.807, 2.05) is 38.5 Å². The molecule has 1 fully saturated rings. The highest BCUT2D eigenvalue weighted by Gasteiger charge is 2.25. The zero-order valence-corrected chi connectivity index (χ0v) is 16.1. The summed E-state index contributed by atoms with van der Waals surface area (Å²) in [6.07, 6.45) is 7.33. The number of nitrogens with zero attached hydrogens (tertiary/aromatic N) is 4. The van der Waals surface area contributed by atoms with Gasteiger partial charge in [0.05, 0.1) is 12.3 Å². The van der Waals surface area contributed by atoms with Gasteiger partial charge in [0.25, 0.3) is 0 Å². The van der Waals surface area contributed by atoms with Gasteiger partial charge in [0.2, 0.25) is 0 Å². The van der Waals surface area contributed by atoms with Crippen molar-refractivity contribution in [3.8, 4) is 17.7 Å². The second-order valence-corrected chi connectivity index (χ2v) is 7.20. The molecule has 1 saturated heterocycles. The molecule has 1 aliphatic rings. The molecule has 1 aromatic carbocycles. The fraction of sp³-hybridized carbons (Fsp3) is 0.400. The van der Waals surface area contributed by atoms with E-state index in [9.17, 15) is 5.21 Å². The van der Waals surface area contributed by atoms with Gasteiger partial charge in [-0.25, -0.2) is 0 Å². The van der Waals surface area contributed by atoms with Gasteiger partial charge in [-0.2, -0.15) is 15.1 Å². The van der Waals surface area contributed by atoms with Crippen LogP contribution >= 0.6 is 0 Å². The van der Waals surface area contributed by atoms with Crippen LogP contribution < -0.4 is 10.6 Å². The summed E-state index contributed by atoms with van der Waals surface area (Å²) in [7, 11) is 3.97. The van der Waals surface area contributed by atoms with Crippen LogP contribution in [0.3, 0.4) is 0 Å². The predicted octanol–water partition coefficient (Wildman–Crippen LogP) is 1.64. The molecule has 0 aliphatic carbocycles. The Morgan fingerprint density at radius 3 is 2.70 bits per heavy atom. The lowest BCUT2D eigenvalue weighted by atomic mass is 10.0. The van der Waals surface area contributed by atoms with Gasteiger partial charge >= 0.3 is 5.82 Å². The summed E-state index contributed by atoms with van der Waals surface area (Å²) in [6.45, 7) is 9.43. The first kappa shape index (κ1) is 19.1. The molecule has 7 nitrogen and oxygen atoms in total. The molecule has 2 N–H and O–H groups in total. The number of aryl methyl sites for hydroxylation is 2. The van der Waals surface area contributed by atoms with Gasteiger partial charge in [-0.05, 0) is 36.7 Å². The maximum absolute atomic E-state index is 12.5. The first-order valence-electron chi connectivity index (χ1n) is 9.18. The maximum atomic E-state index is 12.5. The fourth-order valence-corrected chi connectivity index (χ4v) is 3.30. The molecule has 142 valence electrons. The number of piperidine rings is 1. The third-order valence-corrected chi connectivity index (χ3v) is 5.09. The summed E-state index contributed by atoms with van der Waals surface area (Å²) >= 11 is 0. The van der Waals surface area contributed by atoms with Gasteiger partial charge in [0, 0.05) is 44.7 Å². The molecule has 27 heavy (non-hydrogen) atoms. The molecule has 3 rings (SSSR count). The van der Waals surface area contributed by atoms with Crippen LogP contribution in [-0.2, 0) is 7.05 Å². The smallest absolute Gasteiger partial charge is 0.426 e. The second-order valence-electron chi connectivity index (χ2n) is 7.20. The molecule has 2 aromatic rings. The number of hydrogen-bond acceptors (Lipinski definition) is 4. The van der Waals surface area contributed by atoms with E-state index in [4.69, 9.17) is 6.57 Å². The standard InChI is InChI=1S/C20H27N6O/c1-15-5-6-16(18-13-22-25(4)14-18)11-17(15)12-20(21-2)23-26(27)19-7-9-24(3)10-8-19/h2,5-6,11-14,19,23,26H,7-10H2,1,3-4H3/q+1/b20-12+. The molecule has 1 aromatic heterocycles. The number of likely N-dealkylation sites (tertiary alicyclic amines) is 1. The second kappa shape index (κ2) is 8.35. The minimum absolute atomic E-state index is 0.00849. The minimum Gasteiger partial charge on any atom is -0.592 e. The van der Waals surface area contributed by atoms with Crippen molar-refractivity contribution in [3.63, 3.8) is 0 Å². The number of benzene rings is 1. The average Bonchev–Trinajstić information content (AvgIpc) is 3.09. The van der Waals surface area contributed by atoms with E-state index < -0.39 is 0 Å². The van der Waals surface area contributed by atoms with Gasteiger partial charge in [-0.3, -0.25) is 4.68 Å². The van der Waals surface area contributed by atoms with Crippen molar-refractivity contribution in [3.05, 3.63) is 57.6 Å². The average molecular weight is 367 g/mol. The highest BCUT2D eigenvalue weighted by atomic mass is 16.5. The number of hydrogen-bond donors (Lipinski definition) is 2. The highest BCUT2D eigenvalue weighted by Crippen LogP contribution is 2.23. The van der Waals surface area contributed by atoms with Crippen LogP contribution in [0.2, 0.25) is 0 Å². The van der Waals surface area contributed by atoms with E-state index in [2.05, 4.69) is 39.4 Å². The van der Waals surface area contributed by atoms with Crippen molar-refractivity contribution < 1.29 is 5.17 Å². The molecule has 0 radical (unpaired) electrons. The van der Waals surface area contributed by atoms with Crippen LogP contribution in [0, 0.1) is 18.7 Å². The van der Waals surface area contributed by atoms with E-state index in [1.54, 1.807) is 4.68 Å². The number of aromatic nitrogens is 2. The Labute approximate surface area is 160 Å². The van der Waals surface area contributed by atoms with E-state index in [-0.39, 0.29) is 11.2 Å². The van der Waals surface area contributed by atoms with Crippen molar-refractivity contribution in [2.75, 3.05) is 20.1 Å². The Kier molecular flexibility index (Phi) is 5.91. The summed E-state index contributed by atoms with van der Waals surface area (Å²) in [6, 6.07) is 6.16. The van der Waals surface area contributed by atoms with Crippen LogP contribution in [0.25, 0.3) is 22.0 Å². The molecule has 0 spiro atoms. The van der Waals surface area contributed by atoms with Gasteiger partial charge in [-0.15, -0.1) is 0 Å². The Balaban J connectivity index is 1.78. The van der Waals surface area contributed by atoms with Gasteiger partial charge in [-0.1, -0.05) is 17.6 Å². The molecule has 0 saturated carbocycles. The van der Waals surface area contributed by atoms with E-state index in [0.29, 0.717) is 5.82 Å². The summed E-state index contributed by atoms with van der Waals surface area (Å²) in [5.41, 5.74) is 7.02. The SMILES string of the molecule is C#[N+]/C(=C\c1cc(-c2cnn(C)c2)ccc1C)N[NH+]([O-])C1CCN(C)CC1. The molecule has 0 bridgehead atoms. The number of quaternary nitrogens is 1. The predicted molar refractivity (Wildman–Crippen MR) is 108 cm³/mol. The van der Waals surface area contributed by atoms with Crippen molar-refractivity contribution in [1.29, 1.82) is 0 Å². The Morgan fingerprint density at radius 1 is 1.33 bits per heavy atom. The fourth-order valence-electron chi connectivity index (χ4n) is 3.30. The topological polar surface area (TPSA) is 64.9 Å². The van der Waals surface area contributed by atoms with Crippen LogP contribution in [0.1, 0.15) is 24.0 Å². The van der Waals surface area contributed by atoms with Crippen molar-refractivity contribution in [1.82, 2.24) is 20.1 Å². The van der Waals surface area contributed by atoms with Gasteiger partial charge < -0.3 is 10.1 Å². The normalized spacial score (nSPS) is 17.5. The van der Waals surface area contributed by atoms with Gasteiger partial charge in [0.15, 0.2) is 0 Å². The largest absolute Gasteiger partial charge is 0.592 e. The lowest BCUT2D eigenvalue weighted by Gasteiger charge is -2.32. The summed E-state index contributed by atoms with van der Waals surface area (Å²) < 4.78 is 1.77. The molecule has 1 unspecified atom stereocenters. The van der Waals surface area contributed by atoms with Gasteiger partial charge in [0.1, 0.15) is 12.6 Å². The molecule has 7 heteroatoms. The molecule has 0 amide bonds. The first-order chi connectivity index (χ1) is 13.0. The van der Waals surface area contributed by atoms with Crippen LogP contribution in [0.15, 0.2) is 36.4 Å². The monoisotopic (exact) mass is 367 g/mol. The zero-order chi connectivity index (χ0) is 19.4. The third kappa shape index (κ3) is 4.74. The Morgan fingerprint density at radius 2 is 2.07 bits per heavy atom. The van der Waals surface area contributed by atoms with Crippen LogP contribution in [-0.4, -0.2) is 40.9 Å². The Hall–Kier alpha value is -2.66. The van der Waals surface area contributed by atoms with Crippen molar-refractivity contribution in [2.24, 2.45) is 7.05 Å². The van der Waals surface area contributed by atoms with E-state index in [0.717, 1.165) is 48.2 Å². The summed E-state index contributed by atoms with van der Waals surface area (Å²) in [5.74, 6) is 0.380. The molecule has 2 heterocycles. The maximum Gasteiger partial charge on any atom is 0.426 e. The zero-order valence-electron chi connectivity index (χ0n) is 16.1. The number of rotatable bonds is 5. The van der Waals surface area contributed by atoms with Crippen molar-refractivity contribution in [2.45, 2.75) is 25.8 Å². The first-order valence-corrected chi connectivity index (χ1v) is 9.18. The molecular formula is C20H27N6O+. The lowest BCUT2D eigenvalue weighted by Crippen LogP contribution is -3.17. The van der Waals surface area contributed by atoms with E-state index >= 15 is 0 Å².